The van der Waals surface area contributed by atoms with Gasteiger partial charge in [-0.15, -0.1) is 0 Å². The Hall–Kier alpha value is 0.110. The number of thiol groups is 1. The van der Waals surface area contributed by atoms with Crippen LogP contribution in [0.5, 0.6) is 0 Å². The van der Waals surface area contributed by atoms with Gasteiger partial charge in [-0.2, -0.15) is 12.6 Å². The van der Waals surface area contributed by atoms with Crippen molar-refractivity contribution in [3.8, 4) is 0 Å². The van der Waals surface area contributed by atoms with Crippen molar-refractivity contribution < 1.29 is 29.9 Å². The Morgan fingerprint density at radius 3 is 2.33 bits per heavy atom. The molecule has 0 aliphatic carbocycles. The van der Waals surface area contributed by atoms with E-state index in [2.05, 4.69) is 12.6 Å². The van der Waals surface area contributed by atoms with Crippen LogP contribution in [-0.2, 0) is 9.47 Å². The van der Waals surface area contributed by atoms with E-state index in [0.29, 0.717) is 5.75 Å². The highest BCUT2D eigenvalue weighted by molar-refractivity contribution is 7.80. The van der Waals surface area contributed by atoms with Crippen molar-refractivity contribution in [1.82, 2.24) is 0 Å². The average molecular weight is 240 g/mol. The number of rotatable bonds is 4. The Kier molecular flexibility index (Phi) is 5.27. The third kappa shape index (κ3) is 3.04. The molecule has 15 heavy (non-hydrogen) atoms. The summed E-state index contributed by atoms with van der Waals surface area (Å²) in [6.45, 7) is -0.211. The van der Waals surface area contributed by atoms with Gasteiger partial charge in [-0.25, -0.2) is 0 Å². The Balaban J connectivity index is 2.57. The normalized spacial score (nSPS) is 41.8. The molecular weight excluding hydrogens is 224 g/mol. The standard InChI is InChI=1S/C8H16O6S/c9-3-4-5(10)6(11)7(12)8(14-4)13-1-2-15/h4-12,15H,1-3H2/t4-,5-,6+,7+,8+/m1/s1. The second-order valence-corrected chi connectivity index (χ2v) is 3.74. The molecule has 1 aliphatic heterocycles. The molecular formula is C8H16O6S. The molecule has 1 rings (SSSR count). The predicted molar refractivity (Wildman–Crippen MR) is 53.6 cm³/mol. The fourth-order valence-corrected chi connectivity index (χ4v) is 1.48. The first-order valence-electron chi connectivity index (χ1n) is 4.64. The summed E-state index contributed by atoms with van der Waals surface area (Å²) >= 11 is 3.91. The molecule has 6 nitrogen and oxygen atoms in total. The first-order chi connectivity index (χ1) is 7.11. The minimum absolute atomic E-state index is 0.242. The van der Waals surface area contributed by atoms with E-state index < -0.39 is 37.3 Å². The van der Waals surface area contributed by atoms with Crippen LogP contribution in [0.1, 0.15) is 0 Å². The maximum Gasteiger partial charge on any atom is 0.186 e. The van der Waals surface area contributed by atoms with E-state index in [1.54, 1.807) is 0 Å². The topological polar surface area (TPSA) is 99.4 Å². The molecule has 0 aromatic heterocycles. The Morgan fingerprint density at radius 2 is 1.80 bits per heavy atom. The fraction of sp³-hybridized carbons (Fsp3) is 1.00. The van der Waals surface area contributed by atoms with Crippen LogP contribution < -0.4 is 0 Å². The molecule has 0 aromatic rings. The second kappa shape index (κ2) is 6.00. The van der Waals surface area contributed by atoms with Gasteiger partial charge in [-0.05, 0) is 0 Å². The third-order valence-corrected chi connectivity index (χ3v) is 2.40. The largest absolute Gasteiger partial charge is 0.394 e. The first kappa shape index (κ1) is 13.2. The van der Waals surface area contributed by atoms with Gasteiger partial charge >= 0.3 is 0 Å². The predicted octanol–water partition coefficient (Wildman–Crippen LogP) is -2.27. The molecule has 1 aliphatic rings. The van der Waals surface area contributed by atoms with Crippen LogP contribution in [0.4, 0.5) is 0 Å². The van der Waals surface area contributed by atoms with Gasteiger partial charge in [-0.1, -0.05) is 0 Å². The minimum Gasteiger partial charge on any atom is -0.394 e. The first-order valence-corrected chi connectivity index (χ1v) is 5.28. The van der Waals surface area contributed by atoms with E-state index >= 15 is 0 Å². The number of hydrogen-bond donors (Lipinski definition) is 5. The van der Waals surface area contributed by atoms with Crippen LogP contribution in [0.2, 0.25) is 0 Å². The zero-order valence-electron chi connectivity index (χ0n) is 8.06. The summed E-state index contributed by atoms with van der Waals surface area (Å²) in [5, 5.41) is 37.2. The lowest BCUT2D eigenvalue weighted by Crippen LogP contribution is -2.59. The van der Waals surface area contributed by atoms with Crippen LogP contribution in [0.15, 0.2) is 0 Å². The van der Waals surface area contributed by atoms with Gasteiger partial charge in [0.15, 0.2) is 6.29 Å². The van der Waals surface area contributed by atoms with E-state index in [0.717, 1.165) is 0 Å². The van der Waals surface area contributed by atoms with Crippen LogP contribution in [0.3, 0.4) is 0 Å². The zero-order chi connectivity index (χ0) is 11.4. The molecule has 1 saturated heterocycles. The van der Waals surface area contributed by atoms with Crippen LogP contribution in [-0.4, -0.2) is 70.1 Å². The summed E-state index contributed by atoms with van der Waals surface area (Å²) in [6.07, 6.45) is -6.04. The zero-order valence-corrected chi connectivity index (χ0v) is 8.96. The Bertz CT molecular complexity index is 190. The molecule has 0 radical (unpaired) electrons. The van der Waals surface area contributed by atoms with Crippen molar-refractivity contribution in [1.29, 1.82) is 0 Å². The highest BCUT2D eigenvalue weighted by Crippen LogP contribution is 2.21. The lowest BCUT2D eigenvalue weighted by Gasteiger charge is -2.39. The fourth-order valence-electron chi connectivity index (χ4n) is 1.37. The van der Waals surface area contributed by atoms with Gasteiger partial charge in [0, 0.05) is 5.75 Å². The number of aliphatic hydroxyl groups excluding tert-OH is 4. The van der Waals surface area contributed by atoms with Crippen molar-refractivity contribution in [3.63, 3.8) is 0 Å². The van der Waals surface area contributed by atoms with E-state index in [-0.39, 0.29) is 6.61 Å². The summed E-state index contributed by atoms with van der Waals surface area (Å²) < 4.78 is 10.1. The molecule has 0 bridgehead atoms. The Morgan fingerprint density at radius 1 is 1.13 bits per heavy atom. The molecule has 0 saturated carbocycles. The van der Waals surface area contributed by atoms with Gasteiger partial charge in [-0.3, -0.25) is 0 Å². The maximum absolute atomic E-state index is 9.48. The maximum atomic E-state index is 9.48. The van der Waals surface area contributed by atoms with Crippen molar-refractivity contribution in [2.75, 3.05) is 19.0 Å². The number of ether oxygens (including phenoxy) is 2. The third-order valence-electron chi connectivity index (χ3n) is 2.22. The molecule has 1 heterocycles. The van der Waals surface area contributed by atoms with Crippen LogP contribution >= 0.6 is 12.6 Å². The lowest BCUT2D eigenvalue weighted by molar-refractivity contribution is -0.299. The smallest absolute Gasteiger partial charge is 0.186 e. The highest BCUT2D eigenvalue weighted by Gasteiger charge is 2.43. The van der Waals surface area contributed by atoms with E-state index in [9.17, 15) is 15.3 Å². The molecule has 0 spiro atoms. The lowest BCUT2D eigenvalue weighted by atomic mass is 9.99. The van der Waals surface area contributed by atoms with Gasteiger partial charge in [0.05, 0.1) is 13.2 Å². The molecule has 4 N–H and O–H groups in total. The summed E-state index contributed by atoms with van der Waals surface area (Å²) in [7, 11) is 0. The molecule has 90 valence electrons. The molecule has 5 atom stereocenters. The molecule has 0 aromatic carbocycles. The molecule has 1 fully saturated rings. The summed E-state index contributed by atoms with van der Waals surface area (Å²) in [4.78, 5) is 0. The van der Waals surface area contributed by atoms with E-state index in [1.165, 1.54) is 0 Å². The molecule has 7 heteroatoms. The van der Waals surface area contributed by atoms with E-state index in [1.807, 2.05) is 0 Å². The SMILES string of the molecule is OC[C@H]1O[C@H](OCCS)[C@@H](O)[C@@H](O)[C@@H]1O. The van der Waals surface area contributed by atoms with Crippen LogP contribution in [0, 0.1) is 0 Å². The van der Waals surface area contributed by atoms with Gasteiger partial charge in [0.25, 0.3) is 0 Å². The van der Waals surface area contributed by atoms with Crippen LogP contribution in [0.25, 0.3) is 0 Å². The highest BCUT2D eigenvalue weighted by atomic mass is 32.1. The Labute approximate surface area is 92.8 Å². The average Bonchev–Trinajstić information content (AvgIpc) is 2.25. The molecule has 0 unspecified atom stereocenters. The summed E-state index contributed by atoms with van der Waals surface area (Å²) in [5.74, 6) is 0.440. The molecule has 0 amide bonds. The number of aliphatic hydroxyl groups is 4. The van der Waals surface area contributed by atoms with Gasteiger partial charge in [0.2, 0.25) is 0 Å². The van der Waals surface area contributed by atoms with Crippen molar-refractivity contribution in [2.24, 2.45) is 0 Å². The van der Waals surface area contributed by atoms with Crippen molar-refractivity contribution in [2.45, 2.75) is 30.7 Å². The monoisotopic (exact) mass is 240 g/mol. The number of hydrogen-bond acceptors (Lipinski definition) is 7. The van der Waals surface area contributed by atoms with Crippen molar-refractivity contribution >= 4 is 12.6 Å². The minimum atomic E-state index is -1.39. The van der Waals surface area contributed by atoms with Crippen molar-refractivity contribution in [3.05, 3.63) is 0 Å². The summed E-state index contributed by atoms with van der Waals surface area (Å²) in [6, 6.07) is 0. The van der Waals surface area contributed by atoms with E-state index in [4.69, 9.17) is 14.6 Å². The van der Waals surface area contributed by atoms with Gasteiger partial charge < -0.3 is 29.9 Å². The second-order valence-electron chi connectivity index (χ2n) is 3.29. The summed E-state index contributed by atoms with van der Waals surface area (Å²) in [5.41, 5.74) is 0. The van der Waals surface area contributed by atoms with Gasteiger partial charge in [0.1, 0.15) is 24.4 Å². The quantitative estimate of drug-likeness (QED) is 0.355.